The van der Waals surface area contributed by atoms with E-state index < -0.39 is 11.9 Å². The second kappa shape index (κ2) is 3.62. The van der Waals surface area contributed by atoms with Crippen molar-refractivity contribution in [1.29, 1.82) is 0 Å². The Balaban J connectivity index is 2.64. The number of hydrogen-bond donors (Lipinski definition) is 1. The molecule has 2 rings (SSSR count). The van der Waals surface area contributed by atoms with Crippen LogP contribution in [0.5, 0.6) is 0 Å². The number of carboxylic acid groups (broad SMARTS) is 1. The quantitative estimate of drug-likeness (QED) is 0.848. The van der Waals surface area contributed by atoms with Crippen LogP contribution >= 0.6 is 11.3 Å². The fourth-order valence-corrected chi connectivity index (χ4v) is 2.43. The highest BCUT2D eigenvalue weighted by molar-refractivity contribution is 7.18. The minimum Gasteiger partial charge on any atom is -0.481 e. The Bertz CT molecular complexity index is 518. The molecule has 15 heavy (non-hydrogen) atoms. The van der Waals surface area contributed by atoms with Gasteiger partial charge in [-0.25, -0.2) is 4.98 Å². The number of fused-ring (bicyclic) bond motifs is 1. The molecule has 1 aromatic carbocycles. The lowest BCUT2D eigenvalue weighted by molar-refractivity contribution is -0.138. The van der Waals surface area contributed by atoms with Gasteiger partial charge in [0.15, 0.2) is 0 Å². The minimum absolute atomic E-state index is 0.504. The van der Waals surface area contributed by atoms with Gasteiger partial charge in [0.2, 0.25) is 0 Å². The fourth-order valence-electron chi connectivity index (χ4n) is 1.56. The lowest BCUT2D eigenvalue weighted by atomic mass is 10.0. The molecule has 0 saturated carbocycles. The highest BCUT2D eigenvalue weighted by Crippen LogP contribution is 2.28. The van der Waals surface area contributed by atoms with Crippen LogP contribution in [0.4, 0.5) is 0 Å². The van der Waals surface area contributed by atoms with Crippen LogP contribution in [0.1, 0.15) is 23.4 Å². The molecule has 0 fully saturated rings. The average molecular weight is 221 g/mol. The summed E-state index contributed by atoms with van der Waals surface area (Å²) in [5, 5.41) is 9.94. The molecule has 0 spiro atoms. The highest BCUT2D eigenvalue weighted by atomic mass is 32.1. The number of hydrogen-bond acceptors (Lipinski definition) is 3. The van der Waals surface area contributed by atoms with E-state index >= 15 is 0 Å². The van der Waals surface area contributed by atoms with Crippen molar-refractivity contribution in [1.82, 2.24) is 4.98 Å². The van der Waals surface area contributed by atoms with Gasteiger partial charge in [-0.2, -0.15) is 0 Å². The molecule has 3 nitrogen and oxygen atoms in total. The maximum atomic E-state index is 10.9. The smallest absolute Gasteiger partial charge is 0.310 e. The summed E-state index contributed by atoms with van der Waals surface area (Å²) >= 11 is 1.59. The zero-order chi connectivity index (χ0) is 11.0. The van der Waals surface area contributed by atoms with E-state index in [1.54, 1.807) is 18.3 Å². The molecule has 1 atom stereocenters. The molecular formula is C11H11NO2S. The van der Waals surface area contributed by atoms with Gasteiger partial charge in [0.25, 0.3) is 0 Å². The summed E-state index contributed by atoms with van der Waals surface area (Å²) in [4.78, 5) is 15.3. The lowest BCUT2D eigenvalue weighted by Crippen LogP contribution is -2.07. The number of rotatable bonds is 2. The van der Waals surface area contributed by atoms with E-state index in [2.05, 4.69) is 4.98 Å². The number of nitrogens with zero attached hydrogens (tertiary/aromatic N) is 1. The van der Waals surface area contributed by atoms with Gasteiger partial charge in [-0.05, 0) is 25.5 Å². The molecule has 0 aliphatic rings. The van der Waals surface area contributed by atoms with Gasteiger partial charge >= 0.3 is 5.97 Å². The van der Waals surface area contributed by atoms with E-state index in [9.17, 15) is 4.79 Å². The van der Waals surface area contributed by atoms with Crippen molar-refractivity contribution in [3.63, 3.8) is 0 Å². The summed E-state index contributed by atoms with van der Waals surface area (Å²) in [6, 6.07) is 5.69. The van der Waals surface area contributed by atoms with Gasteiger partial charge in [0.1, 0.15) is 0 Å². The van der Waals surface area contributed by atoms with Crippen LogP contribution in [0.15, 0.2) is 18.2 Å². The van der Waals surface area contributed by atoms with Gasteiger partial charge in [-0.15, -0.1) is 11.3 Å². The summed E-state index contributed by atoms with van der Waals surface area (Å²) < 4.78 is 1.05. The number of thiazole rings is 1. The molecule has 0 amide bonds. The van der Waals surface area contributed by atoms with Crippen LogP contribution in [-0.4, -0.2) is 16.1 Å². The predicted molar refractivity (Wildman–Crippen MR) is 60.4 cm³/mol. The van der Waals surface area contributed by atoms with Gasteiger partial charge in [-0.3, -0.25) is 4.79 Å². The third-order valence-electron chi connectivity index (χ3n) is 2.39. The number of benzene rings is 1. The Morgan fingerprint density at radius 2 is 2.27 bits per heavy atom. The fraction of sp³-hybridized carbons (Fsp3) is 0.273. The first-order valence-electron chi connectivity index (χ1n) is 4.68. The highest BCUT2D eigenvalue weighted by Gasteiger charge is 2.17. The number of aromatic nitrogens is 1. The molecule has 0 aliphatic carbocycles. The van der Waals surface area contributed by atoms with Crippen LogP contribution in [0.3, 0.4) is 0 Å². The van der Waals surface area contributed by atoms with Gasteiger partial charge < -0.3 is 5.11 Å². The van der Waals surface area contributed by atoms with Crippen LogP contribution in [-0.2, 0) is 4.79 Å². The van der Waals surface area contributed by atoms with E-state index in [1.807, 2.05) is 25.1 Å². The largest absolute Gasteiger partial charge is 0.481 e. The van der Waals surface area contributed by atoms with Crippen LogP contribution in [0.25, 0.3) is 10.2 Å². The van der Waals surface area contributed by atoms with E-state index in [0.717, 1.165) is 20.8 Å². The first kappa shape index (κ1) is 10.1. The lowest BCUT2D eigenvalue weighted by Gasteiger charge is -2.06. The summed E-state index contributed by atoms with van der Waals surface area (Å²) in [6.07, 6.45) is 0. The molecule has 0 aliphatic heterocycles. The number of carboxylic acids is 1. The van der Waals surface area contributed by atoms with Gasteiger partial charge in [0, 0.05) is 0 Å². The predicted octanol–water partition coefficient (Wildman–Crippen LogP) is 2.79. The minimum atomic E-state index is -0.812. The second-order valence-corrected chi connectivity index (χ2v) is 4.72. The van der Waals surface area contributed by atoms with Crippen LogP contribution in [0.2, 0.25) is 0 Å². The molecule has 0 unspecified atom stereocenters. The topological polar surface area (TPSA) is 50.2 Å². The third kappa shape index (κ3) is 1.72. The molecule has 0 saturated heterocycles. The van der Waals surface area contributed by atoms with E-state index in [4.69, 9.17) is 5.11 Å². The SMILES string of the molecule is Cc1nc2c([C@@H](C)C(=O)O)cccc2s1. The van der Waals surface area contributed by atoms with Gasteiger partial charge in [-0.1, -0.05) is 12.1 Å². The molecule has 0 radical (unpaired) electrons. The van der Waals surface area contributed by atoms with Crippen molar-refractivity contribution in [2.75, 3.05) is 0 Å². The van der Waals surface area contributed by atoms with Crippen LogP contribution in [0, 0.1) is 6.92 Å². The summed E-state index contributed by atoms with van der Waals surface area (Å²) in [7, 11) is 0. The second-order valence-electron chi connectivity index (χ2n) is 3.49. The summed E-state index contributed by atoms with van der Waals surface area (Å²) in [5.74, 6) is -1.32. The Morgan fingerprint density at radius 3 is 2.93 bits per heavy atom. The average Bonchev–Trinajstić information content (AvgIpc) is 2.56. The van der Waals surface area contributed by atoms with Crippen molar-refractivity contribution in [2.45, 2.75) is 19.8 Å². The van der Waals surface area contributed by atoms with E-state index in [-0.39, 0.29) is 0 Å². The monoisotopic (exact) mass is 221 g/mol. The van der Waals surface area contributed by atoms with Crippen molar-refractivity contribution in [2.24, 2.45) is 0 Å². The van der Waals surface area contributed by atoms with Crippen molar-refractivity contribution < 1.29 is 9.90 Å². The molecule has 0 bridgehead atoms. The molecule has 1 heterocycles. The number of carbonyl (C=O) groups is 1. The van der Waals surface area contributed by atoms with Crippen molar-refractivity contribution in [3.8, 4) is 0 Å². The Morgan fingerprint density at radius 1 is 1.53 bits per heavy atom. The maximum absolute atomic E-state index is 10.9. The first-order valence-corrected chi connectivity index (χ1v) is 5.50. The Hall–Kier alpha value is -1.42. The normalized spacial score (nSPS) is 12.9. The van der Waals surface area contributed by atoms with Gasteiger partial charge in [0.05, 0.1) is 21.1 Å². The Kier molecular flexibility index (Phi) is 2.44. The number of aryl methyl sites for hydroxylation is 1. The number of aliphatic carboxylic acids is 1. The number of para-hydroxylation sites is 1. The molecule has 4 heteroatoms. The summed E-state index contributed by atoms with van der Waals surface area (Å²) in [5.41, 5.74) is 1.62. The van der Waals surface area contributed by atoms with Crippen molar-refractivity contribution in [3.05, 3.63) is 28.8 Å². The van der Waals surface area contributed by atoms with E-state index in [1.165, 1.54) is 0 Å². The zero-order valence-corrected chi connectivity index (χ0v) is 9.34. The first-order chi connectivity index (χ1) is 7.09. The van der Waals surface area contributed by atoms with Crippen molar-refractivity contribution >= 4 is 27.5 Å². The molecule has 78 valence electrons. The van der Waals surface area contributed by atoms with Crippen LogP contribution < -0.4 is 0 Å². The molecule has 1 N–H and O–H groups in total. The molecular weight excluding hydrogens is 210 g/mol. The molecule has 1 aromatic heterocycles. The maximum Gasteiger partial charge on any atom is 0.310 e. The Labute approximate surface area is 91.4 Å². The molecule has 2 aromatic rings. The standard InChI is InChI=1S/C11H11NO2S/c1-6(11(13)14)8-4-3-5-9-10(8)12-7(2)15-9/h3-6H,1-2H3,(H,13,14)/t6-/m1/s1. The van der Waals surface area contributed by atoms with E-state index in [0.29, 0.717) is 0 Å². The summed E-state index contributed by atoms with van der Waals surface area (Å²) in [6.45, 7) is 3.62. The zero-order valence-electron chi connectivity index (χ0n) is 8.52. The third-order valence-corrected chi connectivity index (χ3v) is 3.33.